The largest absolute Gasteiger partial charge is 0.352 e. The van der Waals surface area contributed by atoms with E-state index in [4.69, 9.17) is 4.52 Å². The molecule has 2 saturated heterocycles. The summed E-state index contributed by atoms with van der Waals surface area (Å²) in [6.45, 7) is 4.32. The Morgan fingerprint density at radius 3 is 2.59 bits per heavy atom. The van der Waals surface area contributed by atoms with Gasteiger partial charge in [0, 0.05) is 32.0 Å². The van der Waals surface area contributed by atoms with Crippen molar-refractivity contribution in [3.05, 3.63) is 58.8 Å². The molecule has 0 aliphatic carbocycles. The summed E-state index contributed by atoms with van der Waals surface area (Å²) in [6.07, 6.45) is 3.26. The average Bonchev–Trinajstić information content (AvgIpc) is 3.62. The highest BCUT2D eigenvalue weighted by Gasteiger charge is 2.26. The molecule has 178 valence electrons. The summed E-state index contributed by atoms with van der Waals surface area (Å²) in [5.41, 5.74) is 2.20. The Morgan fingerprint density at radius 2 is 1.88 bits per heavy atom. The standard InChI is InChI=1S/C25H29N5O3S/c31-23-4-1-11-30(23)16-19-7-5-18(6-8-19)15-26-25(32)20-9-12-29(13-10-20)17-22-27-24(28-33-22)21-3-2-14-34-21/h2-3,5-8,14,20H,1,4,9-13,15-17H2,(H,26,32). The number of aromatic nitrogens is 2. The molecule has 5 rings (SSSR count). The van der Waals surface area contributed by atoms with Gasteiger partial charge < -0.3 is 14.7 Å². The van der Waals surface area contributed by atoms with Crippen LogP contribution < -0.4 is 5.32 Å². The number of carbonyl (C=O) groups excluding carboxylic acids is 2. The minimum Gasteiger partial charge on any atom is -0.352 e. The number of rotatable bonds is 8. The average molecular weight is 480 g/mol. The van der Waals surface area contributed by atoms with E-state index in [1.807, 2.05) is 46.7 Å². The Bertz CT molecular complexity index is 1100. The van der Waals surface area contributed by atoms with Crippen LogP contribution in [0.15, 0.2) is 46.3 Å². The third-order valence-electron chi connectivity index (χ3n) is 6.56. The molecule has 9 heteroatoms. The second-order valence-corrected chi connectivity index (χ2v) is 9.94. The molecule has 0 saturated carbocycles. The van der Waals surface area contributed by atoms with E-state index in [2.05, 4.69) is 20.4 Å². The molecule has 2 fully saturated rings. The summed E-state index contributed by atoms with van der Waals surface area (Å²) < 4.78 is 5.41. The fourth-order valence-electron chi connectivity index (χ4n) is 4.56. The zero-order valence-electron chi connectivity index (χ0n) is 19.1. The van der Waals surface area contributed by atoms with Gasteiger partial charge in [-0.3, -0.25) is 14.5 Å². The van der Waals surface area contributed by atoms with Crippen molar-refractivity contribution in [1.82, 2.24) is 25.3 Å². The zero-order valence-corrected chi connectivity index (χ0v) is 19.9. The monoisotopic (exact) mass is 479 g/mol. The molecule has 2 amide bonds. The van der Waals surface area contributed by atoms with Crippen molar-refractivity contribution in [3.8, 4) is 10.7 Å². The van der Waals surface area contributed by atoms with Gasteiger partial charge in [-0.05, 0) is 54.9 Å². The van der Waals surface area contributed by atoms with Gasteiger partial charge in [-0.2, -0.15) is 4.98 Å². The molecule has 0 atom stereocenters. The molecule has 0 spiro atoms. The van der Waals surface area contributed by atoms with Crippen LogP contribution >= 0.6 is 11.3 Å². The van der Waals surface area contributed by atoms with Gasteiger partial charge in [0.1, 0.15) is 0 Å². The first-order valence-electron chi connectivity index (χ1n) is 11.9. The molecule has 1 N–H and O–H groups in total. The molecule has 34 heavy (non-hydrogen) atoms. The molecular weight excluding hydrogens is 450 g/mol. The van der Waals surface area contributed by atoms with Crippen molar-refractivity contribution in [2.24, 2.45) is 5.92 Å². The molecule has 8 nitrogen and oxygen atoms in total. The summed E-state index contributed by atoms with van der Waals surface area (Å²) in [4.78, 5) is 34.2. The van der Waals surface area contributed by atoms with Crippen molar-refractivity contribution in [2.75, 3.05) is 19.6 Å². The highest BCUT2D eigenvalue weighted by Crippen LogP contribution is 2.23. The van der Waals surface area contributed by atoms with E-state index in [1.165, 1.54) is 0 Å². The van der Waals surface area contributed by atoms with E-state index in [9.17, 15) is 9.59 Å². The lowest BCUT2D eigenvalue weighted by Crippen LogP contribution is -2.40. The highest BCUT2D eigenvalue weighted by atomic mass is 32.1. The van der Waals surface area contributed by atoms with E-state index < -0.39 is 0 Å². The Balaban J connectivity index is 1.04. The Kier molecular flexibility index (Phi) is 7.01. The fraction of sp³-hybridized carbons (Fsp3) is 0.440. The first-order valence-corrected chi connectivity index (χ1v) is 12.7. The highest BCUT2D eigenvalue weighted by molar-refractivity contribution is 7.13. The molecule has 0 unspecified atom stereocenters. The van der Waals surface area contributed by atoms with Gasteiger partial charge in [-0.15, -0.1) is 11.3 Å². The van der Waals surface area contributed by atoms with Crippen LogP contribution in [0.4, 0.5) is 0 Å². The molecule has 2 aromatic heterocycles. The molecule has 0 bridgehead atoms. The van der Waals surface area contributed by atoms with E-state index >= 15 is 0 Å². The van der Waals surface area contributed by atoms with Gasteiger partial charge in [0.25, 0.3) is 0 Å². The number of hydrogen-bond acceptors (Lipinski definition) is 7. The predicted molar refractivity (Wildman–Crippen MR) is 129 cm³/mol. The molecule has 0 radical (unpaired) electrons. The summed E-state index contributed by atoms with van der Waals surface area (Å²) in [7, 11) is 0. The van der Waals surface area contributed by atoms with Crippen LogP contribution in [0.3, 0.4) is 0 Å². The van der Waals surface area contributed by atoms with Crippen LogP contribution in [0.25, 0.3) is 10.7 Å². The molecular formula is C25H29N5O3S. The third kappa shape index (κ3) is 5.53. The van der Waals surface area contributed by atoms with Crippen LogP contribution in [0.1, 0.15) is 42.7 Å². The summed E-state index contributed by atoms with van der Waals surface area (Å²) in [5, 5.41) is 9.16. The number of nitrogens with one attached hydrogen (secondary N) is 1. The minimum absolute atomic E-state index is 0.0288. The Morgan fingerprint density at radius 1 is 1.09 bits per heavy atom. The molecule has 4 heterocycles. The number of thiophene rings is 1. The maximum atomic E-state index is 12.7. The quantitative estimate of drug-likeness (QED) is 0.532. The minimum atomic E-state index is 0.0288. The van der Waals surface area contributed by atoms with Gasteiger partial charge >= 0.3 is 0 Å². The number of benzene rings is 1. The molecule has 2 aliphatic rings. The Labute approximate surface area is 202 Å². The van der Waals surface area contributed by atoms with Crippen LogP contribution in [-0.4, -0.2) is 51.4 Å². The summed E-state index contributed by atoms with van der Waals surface area (Å²) in [6, 6.07) is 12.1. The van der Waals surface area contributed by atoms with Crippen molar-refractivity contribution < 1.29 is 14.1 Å². The van der Waals surface area contributed by atoms with Crippen molar-refractivity contribution in [2.45, 2.75) is 45.3 Å². The van der Waals surface area contributed by atoms with Crippen LogP contribution in [-0.2, 0) is 29.2 Å². The van der Waals surface area contributed by atoms with Gasteiger partial charge in [0.2, 0.25) is 23.5 Å². The second-order valence-electron chi connectivity index (χ2n) is 8.99. The number of piperidine rings is 1. The van der Waals surface area contributed by atoms with Crippen LogP contribution in [0.2, 0.25) is 0 Å². The third-order valence-corrected chi connectivity index (χ3v) is 7.43. The second kappa shape index (κ2) is 10.5. The fourth-order valence-corrected chi connectivity index (χ4v) is 5.21. The predicted octanol–water partition coefficient (Wildman–Crippen LogP) is 3.45. The molecule has 2 aliphatic heterocycles. The van der Waals surface area contributed by atoms with E-state index in [1.54, 1.807) is 11.3 Å². The molecule has 3 aromatic rings. The van der Waals surface area contributed by atoms with Crippen LogP contribution in [0.5, 0.6) is 0 Å². The summed E-state index contributed by atoms with van der Waals surface area (Å²) >= 11 is 1.59. The number of likely N-dealkylation sites (tertiary alicyclic amines) is 2. The van der Waals surface area contributed by atoms with Crippen molar-refractivity contribution >= 4 is 23.2 Å². The lowest BCUT2D eigenvalue weighted by atomic mass is 9.96. The van der Waals surface area contributed by atoms with E-state index in [0.29, 0.717) is 37.8 Å². The lowest BCUT2D eigenvalue weighted by Gasteiger charge is -2.30. The van der Waals surface area contributed by atoms with Gasteiger partial charge in [-0.25, -0.2) is 0 Å². The number of carbonyl (C=O) groups is 2. The topological polar surface area (TPSA) is 91.6 Å². The maximum Gasteiger partial charge on any atom is 0.241 e. The summed E-state index contributed by atoms with van der Waals surface area (Å²) in [5.74, 6) is 1.63. The van der Waals surface area contributed by atoms with Crippen molar-refractivity contribution in [1.29, 1.82) is 0 Å². The van der Waals surface area contributed by atoms with Gasteiger partial charge in [0.15, 0.2) is 0 Å². The number of hydrogen-bond donors (Lipinski definition) is 1. The van der Waals surface area contributed by atoms with Crippen LogP contribution in [0, 0.1) is 5.92 Å². The maximum absolute atomic E-state index is 12.7. The van der Waals surface area contributed by atoms with Gasteiger partial charge in [0.05, 0.1) is 11.4 Å². The zero-order chi connectivity index (χ0) is 23.3. The Hall–Kier alpha value is -3.04. The van der Waals surface area contributed by atoms with Gasteiger partial charge in [-0.1, -0.05) is 35.5 Å². The van der Waals surface area contributed by atoms with E-state index in [-0.39, 0.29) is 17.7 Å². The number of amides is 2. The van der Waals surface area contributed by atoms with E-state index in [0.717, 1.165) is 54.9 Å². The normalized spacial score (nSPS) is 17.4. The lowest BCUT2D eigenvalue weighted by molar-refractivity contribution is -0.128. The molecule has 1 aromatic carbocycles. The number of nitrogens with zero attached hydrogens (tertiary/aromatic N) is 4. The first kappa shape index (κ1) is 22.7. The first-order chi connectivity index (χ1) is 16.6. The van der Waals surface area contributed by atoms with Crippen molar-refractivity contribution in [3.63, 3.8) is 0 Å². The SMILES string of the molecule is O=C(NCc1ccc(CN2CCCC2=O)cc1)C1CCN(Cc2nc(-c3cccs3)no2)CC1. The smallest absolute Gasteiger partial charge is 0.241 e.